The Morgan fingerprint density at radius 2 is 1.76 bits per heavy atom. The van der Waals surface area contributed by atoms with Crippen molar-refractivity contribution in [2.75, 3.05) is 13.1 Å². The summed E-state index contributed by atoms with van der Waals surface area (Å²) in [4.78, 5) is 19.1. The summed E-state index contributed by atoms with van der Waals surface area (Å²) in [6, 6.07) is 18.2. The summed E-state index contributed by atoms with van der Waals surface area (Å²) < 4.78 is 1.25. The number of carbonyl (C=O) groups is 1. The zero-order chi connectivity index (χ0) is 17.1. The summed E-state index contributed by atoms with van der Waals surface area (Å²) in [5.74, 6) is 0.575. The summed E-state index contributed by atoms with van der Waals surface area (Å²) in [7, 11) is 0. The van der Waals surface area contributed by atoms with Crippen LogP contribution in [0.3, 0.4) is 0 Å². The molecule has 25 heavy (non-hydrogen) atoms. The van der Waals surface area contributed by atoms with E-state index in [-0.39, 0.29) is 5.91 Å². The van der Waals surface area contributed by atoms with E-state index in [1.165, 1.54) is 9.71 Å². The molecule has 4 heteroatoms. The standard InChI is InChI=1S/C21H20N2OS/c24-20(11-10-16-6-2-1-3-7-16)23-14-12-17(13-15-23)21-22-18-8-4-5-9-19(18)25-21/h1-11,17H,12-15H2. The molecule has 1 aliphatic heterocycles. The van der Waals surface area contributed by atoms with Gasteiger partial charge in [0.05, 0.1) is 15.2 Å². The number of carbonyl (C=O) groups excluding carboxylic acids is 1. The van der Waals surface area contributed by atoms with Crippen molar-refractivity contribution < 1.29 is 4.79 Å². The van der Waals surface area contributed by atoms with E-state index in [2.05, 4.69) is 18.2 Å². The van der Waals surface area contributed by atoms with Gasteiger partial charge in [-0.25, -0.2) is 4.98 Å². The fourth-order valence-corrected chi connectivity index (χ4v) is 4.39. The van der Waals surface area contributed by atoms with Crippen molar-refractivity contribution in [3.05, 3.63) is 71.2 Å². The number of aromatic nitrogens is 1. The van der Waals surface area contributed by atoms with Gasteiger partial charge in [0, 0.05) is 25.1 Å². The number of thiazole rings is 1. The molecule has 1 aliphatic rings. The Kier molecular flexibility index (Phi) is 4.61. The molecule has 1 saturated heterocycles. The minimum Gasteiger partial charge on any atom is -0.339 e. The third-order valence-corrected chi connectivity index (χ3v) is 5.88. The Bertz CT molecular complexity index is 859. The molecule has 0 unspecified atom stereocenters. The van der Waals surface area contributed by atoms with Gasteiger partial charge in [-0.3, -0.25) is 4.79 Å². The summed E-state index contributed by atoms with van der Waals surface area (Å²) >= 11 is 1.79. The molecular formula is C21H20N2OS. The highest BCUT2D eigenvalue weighted by Crippen LogP contribution is 2.33. The first-order chi connectivity index (χ1) is 12.3. The highest BCUT2D eigenvalue weighted by molar-refractivity contribution is 7.18. The maximum Gasteiger partial charge on any atom is 0.246 e. The third kappa shape index (κ3) is 3.64. The van der Waals surface area contributed by atoms with Gasteiger partial charge < -0.3 is 4.90 Å². The molecule has 126 valence electrons. The van der Waals surface area contributed by atoms with E-state index in [4.69, 9.17) is 4.98 Å². The predicted molar refractivity (Wildman–Crippen MR) is 104 cm³/mol. The number of likely N-dealkylation sites (tertiary alicyclic amines) is 1. The van der Waals surface area contributed by atoms with Crippen molar-refractivity contribution in [1.82, 2.24) is 9.88 Å². The lowest BCUT2D eigenvalue weighted by atomic mass is 9.97. The topological polar surface area (TPSA) is 33.2 Å². The first-order valence-electron chi connectivity index (χ1n) is 8.67. The highest BCUT2D eigenvalue weighted by Gasteiger charge is 2.24. The maximum atomic E-state index is 12.4. The number of amides is 1. The third-order valence-electron chi connectivity index (χ3n) is 4.68. The highest BCUT2D eigenvalue weighted by atomic mass is 32.1. The van der Waals surface area contributed by atoms with Crippen molar-refractivity contribution in [3.63, 3.8) is 0 Å². The van der Waals surface area contributed by atoms with Gasteiger partial charge in [-0.2, -0.15) is 0 Å². The van der Waals surface area contributed by atoms with Gasteiger partial charge in [-0.05, 0) is 36.6 Å². The van der Waals surface area contributed by atoms with Crippen LogP contribution in [-0.2, 0) is 4.79 Å². The van der Waals surface area contributed by atoms with Crippen molar-refractivity contribution in [2.45, 2.75) is 18.8 Å². The lowest BCUT2D eigenvalue weighted by Crippen LogP contribution is -2.36. The van der Waals surface area contributed by atoms with E-state index in [0.717, 1.165) is 37.0 Å². The fourth-order valence-electron chi connectivity index (χ4n) is 3.25. The lowest BCUT2D eigenvalue weighted by molar-refractivity contribution is -0.126. The molecule has 0 N–H and O–H groups in total. The number of para-hydroxylation sites is 1. The Morgan fingerprint density at radius 3 is 2.52 bits per heavy atom. The Balaban J connectivity index is 1.37. The van der Waals surface area contributed by atoms with E-state index in [9.17, 15) is 4.79 Å². The molecule has 2 aromatic carbocycles. The maximum absolute atomic E-state index is 12.4. The Morgan fingerprint density at radius 1 is 1.04 bits per heavy atom. The molecule has 1 aromatic heterocycles. The molecule has 0 spiro atoms. The smallest absolute Gasteiger partial charge is 0.246 e. The number of hydrogen-bond donors (Lipinski definition) is 0. The normalized spacial score (nSPS) is 15.9. The number of rotatable bonds is 3. The molecule has 0 radical (unpaired) electrons. The SMILES string of the molecule is O=C(C=Cc1ccccc1)N1CCC(c2nc3ccccc3s2)CC1. The average molecular weight is 348 g/mol. The Hall–Kier alpha value is -2.46. The van der Waals surface area contributed by atoms with Gasteiger partial charge in [0.2, 0.25) is 5.91 Å². The molecule has 1 fully saturated rings. The van der Waals surface area contributed by atoms with E-state index in [1.54, 1.807) is 17.4 Å². The van der Waals surface area contributed by atoms with Crippen LogP contribution in [0.15, 0.2) is 60.7 Å². The summed E-state index contributed by atoms with van der Waals surface area (Å²) in [6.07, 6.45) is 5.56. The molecule has 4 rings (SSSR count). The number of fused-ring (bicyclic) bond motifs is 1. The average Bonchev–Trinajstić information content (AvgIpc) is 3.11. The molecule has 3 nitrogen and oxygen atoms in total. The minimum absolute atomic E-state index is 0.103. The summed E-state index contributed by atoms with van der Waals surface area (Å²) in [5, 5.41) is 1.22. The number of nitrogens with zero attached hydrogens (tertiary/aromatic N) is 2. The second-order valence-electron chi connectivity index (χ2n) is 6.36. The first kappa shape index (κ1) is 16.0. The Labute approximate surface area is 151 Å². The van der Waals surface area contributed by atoms with Gasteiger partial charge >= 0.3 is 0 Å². The molecule has 3 aromatic rings. The van der Waals surface area contributed by atoms with E-state index < -0.39 is 0 Å². The van der Waals surface area contributed by atoms with Crippen LogP contribution >= 0.6 is 11.3 Å². The van der Waals surface area contributed by atoms with E-state index in [0.29, 0.717) is 5.92 Å². The zero-order valence-electron chi connectivity index (χ0n) is 14.0. The van der Waals surface area contributed by atoms with Gasteiger partial charge in [0.1, 0.15) is 0 Å². The van der Waals surface area contributed by atoms with Crippen LogP contribution in [0.2, 0.25) is 0 Å². The summed E-state index contributed by atoms with van der Waals surface area (Å²) in [5.41, 5.74) is 2.15. The molecular weight excluding hydrogens is 328 g/mol. The zero-order valence-corrected chi connectivity index (χ0v) is 14.8. The van der Waals surface area contributed by atoms with Crippen LogP contribution < -0.4 is 0 Å². The molecule has 0 saturated carbocycles. The van der Waals surface area contributed by atoms with Crippen molar-refractivity contribution >= 4 is 33.5 Å². The van der Waals surface area contributed by atoms with E-state index >= 15 is 0 Å². The van der Waals surface area contributed by atoms with Gasteiger partial charge in [0.25, 0.3) is 0 Å². The predicted octanol–water partition coefficient (Wildman–Crippen LogP) is 4.72. The van der Waals surface area contributed by atoms with Crippen molar-refractivity contribution in [2.24, 2.45) is 0 Å². The number of hydrogen-bond acceptors (Lipinski definition) is 3. The van der Waals surface area contributed by atoms with Crippen molar-refractivity contribution in [1.29, 1.82) is 0 Å². The number of benzene rings is 2. The van der Waals surface area contributed by atoms with Gasteiger partial charge in [-0.15, -0.1) is 11.3 Å². The second-order valence-corrected chi connectivity index (χ2v) is 7.43. The van der Waals surface area contributed by atoms with Crippen LogP contribution in [0.4, 0.5) is 0 Å². The lowest BCUT2D eigenvalue weighted by Gasteiger charge is -2.30. The molecule has 0 bridgehead atoms. The van der Waals surface area contributed by atoms with Crippen LogP contribution in [0.5, 0.6) is 0 Å². The molecule has 0 atom stereocenters. The molecule has 0 aliphatic carbocycles. The van der Waals surface area contributed by atoms with Gasteiger partial charge in [0.15, 0.2) is 0 Å². The van der Waals surface area contributed by atoms with Crippen LogP contribution in [0.25, 0.3) is 16.3 Å². The van der Waals surface area contributed by atoms with Crippen molar-refractivity contribution in [3.8, 4) is 0 Å². The second kappa shape index (κ2) is 7.19. The van der Waals surface area contributed by atoms with Crippen LogP contribution in [-0.4, -0.2) is 28.9 Å². The molecule has 1 amide bonds. The number of piperidine rings is 1. The molecule has 2 heterocycles. The quantitative estimate of drug-likeness (QED) is 0.642. The van der Waals surface area contributed by atoms with Crippen LogP contribution in [0.1, 0.15) is 29.3 Å². The first-order valence-corrected chi connectivity index (χ1v) is 9.49. The largest absolute Gasteiger partial charge is 0.339 e. The van der Waals surface area contributed by atoms with E-state index in [1.807, 2.05) is 47.4 Å². The summed E-state index contributed by atoms with van der Waals surface area (Å²) in [6.45, 7) is 1.61. The fraction of sp³-hybridized carbons (Fsp3) is 0.238. The minimum atomic E-state index is 0.103. The van der Waals surface area contributed by atoms with Gasteiger partial charge in [-0.1, -0.05) is 42.5 Å². The van der Waals surface area contributed by atoms with Crippen LogP contribution in [0, 0.1) is 0 Å². The monoisotopic (exact) mass is 348 g/mol.